The molecule has 80 valence electrons. The highest BCUT2D eigenvalue weighted by Crippen LogP contribution is 2.28. The average molecular weight is 272 g/mol. The lowest BCUT2D eigenvalue weighted by atomic mass is 10.4. The first-order valence-electron chi connectivity index (χ1n) is 4.69. The first-order valence-corrected chi connectivity index (χ1v) is 5.48. The van der Waals surface area contributed by atoms with Crippen molar-refractivity contribution in [1.82, 2.24) is 9.97 Å². The molecule has 1 N–H and O–H groups in total. The molecule has 0 aromatic carbocycles. The van der Waals surface area contributed by atoms with Crippen LogP contribution in [-0.4, -0.2) is 34.1 Å². The minimum absolute atomic E-state index is 0.0203. The van der Waals surface area contributed by atoms with Crippen molar-refractivity contribution >= 4 is 27.7 Å². The molecular weight excluding hydrogens is 262 g/mol. The molecule has 15 heavy (non-hydrogen) atoms. The number of halogens is 1. The molecule has 0 spiro atoms. The van der Waals surface area contributed by atoms with Gasteiger partial charge in [-0.05, 0) is 28.8 Å². The number of nitrogens with zero attached hydrogens (tertiary/aromatic N) is 3. The molecule has 1 aromatic rings. The zero-order valence-corrected chi connectivity index (χ0v) is 9.57. The van der Waals surface area contributed by atoms with Crippen LogP contribution in [0, 0.1) is 0 Å². The quantitative estimate of drug-likeness (QED) is 0.884. The number of rotatable bonds is 2. The normalized spacial score (nSPS) is 15.7. The summed E-state index contributed by atoms with van der Waals surface area (Å²) in [5.41, 5.74) is 0.0203. The molecule has 1 aliphatic heterocycles. The Balaban J connectivity index is 2.39. The van der Waals surface area contributed by atoms with E-state index in [9.17, 15) is 4.79 Å². The summed E-state index contributed by atoms with van der Waals surface area (Å²) in [6.45, 7) is 1.85. The van der Waals surface area contributed by atoms with Gasteiger partial charge in [0.15, 0.2) is 5.69 Å². The van der Waals surface area contributed by atoms with Gasteiger partial charge < -0.3 is 10.0 Å². The Morgan fingerprint density at radius 1 is 1.40 bits per heavy atom. The SMILES string of the molecule is O=C(O)c1ncnc(N2CCCC2)c1Br. The molecule has 0 amide bonds. The Bertz CT molecular complexity index is 391. The van der Waals surface area contributed by atoms with Gasteiger partial charge in [0.2, 0.25) is 0 Å². The summed E-state index contributed by atoms with van der Waals surface area (Å²) in [4.78, 5) is 20.8. The fourth-order valence-corrected chi connectivity index (χ4v) is 2.28. The fourth-order valence-electron chi connectivity index (χ4n) is 1.66. The molecule has 6 heteroatoms. The van der Waals surface area contributed by atoms with E-state index in [1.807, 2.05) is 0 Å². The predicted octanol–water partition coefficient (Wildman–Crippen LogP) is 1.54. The monoisotopic (exact) mass is 271 g/mol. The molecular formula is C9H10BrN3O2. The van der Waals surface area contributed by atoms with Gasteiger partial charge in [-0.2, -0.15) is 0 Å². The number of carbonyl (C=O) groups is 1. The molecule has 1 aromatic heterocycles. The highest BCUT2D eigenvalue weighted by molar-refractivity contribution is 9.10. The second-order valence-electron chi connectivity index (χ2n) is 3.36. The minimum atomic E-state index is -1.04. The van der Waals surface area contributed by atoms with Gasteiger partial charge in [0.1, 0.15) is 12.1 Å². The molecule has 1 aliphatic rings. The van der Waals surface area contributed by atoms with Crippen molar-refractivity contribution in [2.45, 2.75) is 12.8 Å². The smallest absolute Gasteiger partial charge is 0.355 e. The molecule has 0 saturated carbocycles. The molecule has 0 aliphatic carbocycles. The van der Waals surface area contributed by atoms with Crippen LogP contribution in [0.5, 0.6) is 0 Å². The maximum absolute atomic E-state index is 10.9. The second-order valence-corrected chi connectivity index (χ2v) is 4.15. The minimum Gasteiger partial charge on any atom is -0.476 e. The van der Waals surface area contributed by atoms with E-state index in [2.05, 4.69) is 30.8 Å². The second kappa shape index (κ2) is 4.14. The van der Waals surface area contributed by atoms with Crippen LogP contribution in [0.25, 0.3) is 0 Å². The first kappa shape index (κ1) is 10.4. The van der Waals surface area contributed by atoms with Crippen molar-refractivity contribution in [2.75, 3.05) is 18.0 Å². The van der Waals surface area contributed by atoms with Crippen LogP contribution in [0.1, 0.15) is 23.3 Å². The van der Waals surface area contributed by atoms with E-state index in [4.69, 9.17) is 5.11 Å². The van der Waals surface area contributed by atoms with Crippen molar-refractivity contribution in [2.24, 2.45) is 0 Å². The molecule has 1 saturated heterocycles. The Hall–Kier alpha value is -1.17. The topological polar surface area (TPSA) is 66.3 Å². The summed E-state index contributed by atoms with van der Waals surface area (Å²) in [6, 6.07) is 0. The van der Waals surface area contributed by atoms with Gasteiger partial charge in [-0.3, -0.25) is 0 Å². The Kier molecular flexibility index (Phi) is 2.86. The van der Waals surface area contributed by atoms with Crippen molar-refractivity contribution in [1.29, 1.82) is 0 Å². The van der Waals surface area contributed by atoms with Crippen molar-refractivity contribution in [3.63, 3.8) is 0 Å². The summed E-state index contributed by atoms with van der Waals surface area (Å²) < 4.78 is 0.472. The third kappa shape index (κ3) is 1.94. The van der Waals surface area contributed by atoms with Crippen LogP contribution in [0.4, 0.5) is 5.82 Å². The summed E-state index contributed by atoms with van der Waals surface area (Å²) in [6.07, 6.45) is 3.54. The third-order valence-electron chi connectivity index (χ3n) is 2.38. The van der Waals surface area contributed by atoms with Gasteiger partial charge in [0, 0.05) is 13.1 Å². The highest BCUT2D eigenvalue weighted by atomic mass is 79.9. The van der Waals surface area contributed by atoms with Crippen LogP contribution < -0.4 is 4.90 Å². The number of carboxylic acids is 1. The van der Waals surface area contributed by atoms with Gasteiger partial charge in [-0.1, -0.05) is 0 Å². The maximum atomic E-state index is 10.9. The largest absolute Gasteiger partial charge is 0.476 e. The molecule has 0 radical (unpaired) electrons. The van der Waals surface area contributed by atoms with E-state index in [1.54, 1.807) is 0 Å². The summed E-state index contributed by atoms with van der Waals surface area (Å²) in [7, 11) is 0. The number of hydrogen-bond acceptors (Lipinski definition) is 4. The lowest BCUT2D eigenvalue weighted by Crippen LogP contribution is -2.20. The van der Waals surface area contributed by atoms with Crippen LogP contribution in [0.2, 0.25) is 0 Å². The molecule has 1 fully saturated rings. The molecule has 0 atom stereocenters. The number of anilines is 1. The third-order valence-corrected chi connectivity index (χ3v) is 3.11. The molecule has 0 unspecified atom stereocenters. The highest BCUT2D eigenvalue weighted by Gasteiger charge is 2.21. The maximum Gasteiger partial charge on any atom is 0.355 e. The Morgan fingerprint density at radius 3 is 2.67 bits per heavy atom. The summed E-state index contributed by atoms with van der Waals surface area (Å²) in [5.74, 6) is -0.357. The van der Waals surface area contributed by atoms with Gasteiger partial charge in [-0.15, -0.1) is 0 Å². The predicted molar refractivity (Wildman–Crippen MR) is 58.1 cm³/mol. The van der Waals surface area contributed by atoms with Crippen molar-refractivity contribution < 1.29 is 9.90 Å². The molecule has 2 rings (SSSR count). The van der Waals surface area contributed by atoms with Crippen molar-refractivity contribution in [3.05, 3.63) is 16.5 Å². The Morgan fingerprint density at radius 2 is 2.07 bits per heavy atom. The standard InChI is InChI=1S/C9H10BrN3O2/c10-6-7(9(14)15)11-5-12-8(6)13-3-1-2-4-13/h5H,1-4H2,(H,14,15). The van der Waals surface area contributed by atoms with Gasteiger partial charge in [-0.25, -0.2) is 14.8 Å². The number of carboxylic acid groups (broad SMARTS) is 1. The van der Waals surface area contributed by atoms with E-state index < -0.39 is 5.97 Å². The lowest BCUT2D eigenvalue weighted by molar-refractivity contribution is 0.0689. The van der Waals surface area contributed by atoms with E-state index in [1.165, 1.54) is 6.33 Å². The number of aromatic carboxylic acids is 1. The van der Waals surface area contributed by atoms with E-state index >= 15 is 0 Å². The average Bonchev–Trinajstić information content (AvgIpc) is 2.70. The summed E-state index contributed by atoms with van der Waals surface area (Å²) >= 11 is 3.24. The number of aromatic nitrogens is 2. The number of hydrogen-bond donors (Lipinski definition) is 1. The van der Waals surface area contributed by atoms with Crippen LogP contribution in [-0.2, 0) is 0 Å². The molecule has 2 heterocycles. The lowest BCUT2D eigenvalue weighted by Gasteiger charge is -2.17. The zero-order valence-electron chi connectivity index (χ0n) is 7.98. The zero-order chi connectivity index (χ0) is 10.8. The van der Waals surface area contributed by atoms with Gasteiger partial charge in [0.25, 0.3) is 0 Å². The van der Waals surface area contributed by atoms with E-state index in [-0.39, 0.29) is 5.69 Å². The van der Waals surface area contributed by atoms with Crippen LogP contribution in [0.15, 0.2) is 10.8 Å². The first-order chi connectivity index (χ1) is 7.20. The molecule has 0 bridgehead atoms. The van der Waals surface area contributed by atoms with Crippen LogP contribution in [0.3, 0.4) is 0 Å². The van der Waals surface area contributed by atoms with Gasteiger partial charge in [0.05, 0.1) is 4.47 Å². The van der Waals surface area contributed by atoms with E-state index in [0.717, 1.165) is 25.9 Å². The van der Waals surface area contributed by atoms with Gasteiger partial charge >= 0.3 is 5.97 Å². The summed E-state index contributed by atoms with van der Waals surface area (Å²) in [5, 5.41) is 8.89. The van der Waals surface area contributed by atoms with Crippen LogP contribution >= 0.6 is 15.9 Å². The molecule has 5 nitrogen and oxygen atoms in total. The Labute approximate surface area is 95.3 Å². The van der Waals surface area contributed by atoms with Crippen molar-refractivity contribution in [3.8, 4) is 0 Å². The van der Waals surface area contributed by atoms with E-state index in [0.29, 0.717) is 10.3 Å². The fraction of sp³-hybridized carbons (Fsp3) is 0.444.